The average Bonchev–Trinajstić information content (AvgIpc) is 2.70. The summed E-state index contributed by atoms with van der Waals surface area (Å²) in [7, 11) is 0. The molecule has 0 unspecified atom stereocenters. The Kier molecular flexibility index (Phi) is 6.51. The second-order valence-corrected chi connectivity index (χ2v) is 6.67. The van der Waals surface area contributed by atoms with E-state index in [2.05, 4.69) is 21.2 Å². The van der Waals surface area contributed by atoms with Crippen LogP contribution in [0.25, 0.3) is 0 Å². The highest BCUT2D eigenvalue weighted by atomic mass is 79.9. The molecule has 0 bridgehead atoms. The van der Waals surface area contributed by atoms with Gasteiger partial charge in [-0.2, -0.15) is 0 Å². The molecule has 1 atom stereocenters. The number of rotatable bonds is 7. The van der Waals surface area contributed by atoms with Gasteiger partial charge < -0.3 is 10.4 Å². The monoisotopic (exact) mass is 347 g/mol. The maximum Gasteiger partial charge on any atom is 0.303 e. The van der Waals surface area contributed by atoms with Gasteiger partial charge in [0, 0.05) is 17.4 Å². The molecule has 0 saturated carbocycles. The fourth-order valence-electron chi connectivity index (χ4n) is 1.93. The molecule has 0 radical (unpaired) electrons. The van der Waals surface area contributed by atoms with Crippen molar-refractivity contribution in [3.8, 4) is 0 Å². The number of carboxylic acid groups (broad SMARTS) is 1. The lowest BCUT2D eigenvalue weighted by Gasteiger charge is -2.17. The molecule has 1 aromatic rings. The molecule has 1 heterocycles. The second-order valence-electron chi connectivity index (χ2n) is 4.90. The van der Waals surface area contributed by atoms with Crippen LogP contribution < -0.4 is 5.32 Å². The van der Waals surface area contributed by atoms with E-state index in [9.17, 15) is 9.59 Å². The number of halogens is 1. The summed E-state index contributed by atoms with van der Waals surface area (Å²) in [6.07, 6.45) is 0.877. The lowest BCUT2D eigenvalue weighted by molar-refractivity contribution is -0.138. The number of carboxylic acids is 1. The van der Waals surface area contributed by atoms with E-state index in [4.69, 9.17) is 5.11 Å². The Morgan fingerprint density at radius 2 is 2.16 bits per heavy atom. The van der Waals surface area contributed by atoms with E-state index in [1.165, 1.54) is 11.3 Å². The van der Waals surface area contributed by atoms with Gasteiger partial charge in [0.05, 0.1) is 0 Å². The van der Waals surface area contributed by atoms with E-state index >= 15 is 0 Å². The predicted molar refractivity (Wildman–Crippen MR) is 79.6 cm³/mol. The normalized spacial score (nSPS) is 12.4. The first-order valence-corrected chi connectivity index (χ1v) is 7.80. The van der Waals surface area contributed by atoms with Crippen molar-refractivity contribution in [3.63, 3.8) is 0 Å². The number of thiophene rings is 1. The minimum absolute atomic E-state index is 0.0276. The number of hydrogen-bond donors (Lipinski definition) is 2. The Bertz CT molecular complexity index is 445. The highest BCUT2D eigenvalue weighted by Crippen LogP contribution is 2.22. The Hall–Kier alpha value is -0.880. The zero-order valence-electron chi connectivity index (χ0n) is 11.0. The van der Waals surface area contributed by atoms with Crippen LogP contribution in [-0.2, 0) is 4.79 Å². The van der Waals surface area contributed by atoms with Gasteiger partial charge in [0.25, 0.3) is 5.91 Å². The van der Waals surface area contributed by atoms with Crippen LogP contribution in [0.15, 0.2) is 15.9 Å². The number of nitrogens with one attached hydrogen (secondary N) is 1. The van der Waals surface area contributed by atoms with Crippen molar-refractivity contribution >= 4 is 39.1 Å². The van der Waals surface area contributed by atoms with Crippen molar-refractivity contribution in [1.29, 1.82) is 0 Å². The first-order valence-electron chi connectivity index (χ1n) is 6.13. The first kappa shape index (κ1) is 16.2. The third-order valence-corrected chi connectivity index (χ3v) is 4.48. The van der Waals surface area contributed by atoms with E-state index in [0.717, 1.165) is 10.9 Å². The summed E-state index contributed by atoms with van der Waals surface area (Å²) in [4.78, 5) is 23.3. The van der Waals surface area contributed by atoms with Crippen LogP contribution >= 0.6 is 27.3 Å². The minimum Gasteiger partial charge on any atom is -0.481 e. The van der Waals surface area contributed by atoms with E-state index in [1.807, 2.05) is 25.3 Å². The molecular weight excluding hydrogens is 330 g/mol. The van der Waals surface area contributed by atoms with Crippen LogP contribution in [0.1, 0.15) is 36.4 Å². The summed E-state index contributed by atoms with van der Waals surface area (Å²) in [6, 6.07) is 1.82. The maximum absolute atomic E-state index is 11.9. The number of amides is 1. The number of carbonyl (C=O) groups excluding carboxylic acids is 1. The summed E-state index contributed by atoms with van der Waals surface area (Å²) >= 11 is 4.67. The van der Waals surface area contributed by atoms with Crippen molar-refractivity contribution < 1.29 is 14.7 Å². The SMILES string of the molecule is CC(C)C[C@H](CNC(=O)c1sccc1Br)CC(=O)O. The fraction of sp³-hybridized carbons (Fsp3) is 0.538. The number of hydrogen-bond acceptors (Lipinski definition) is 3. The molecule has 1 rings (SSSR count). The van der Waals surface area contributed by atoms with Crippen LogP contribution in [0.2, 0.25) is 0 Å². The zero-order chi connectivity index (χ0) is 14.4. The van der Waals surface area contributed by atoms with E-state index in [0.29, 0.717) is 17.3 Å². The quantitative estimate of drug-likeness (QED) is 0.794. The Morgan fingerprint density at radius 1 is 1.47 bits per heavy atom. The van der Waals surface area contributed by atoms with Gasteiger partial charge in [0.2, 0.25) is 0 Å². The molecule has 1 amide bonds. The minimum atomic E-state index is -0.822. The van der Waals surface area contributed by atoms with E-state index in [1.54, 1.807) is 0 Å². The predicted octanol–water partition coefficient (Wildman–Crippen LogP) is 3.38. The van der Waals surface area contributed by atoms with Gasteiger partial charge in [-0.05, 0) is 45.6 Å². The number of carbonyl (C=O) groups is 2. The smallest absolute Gasteiger partial charge is 0.303 e. The molecule has 4 nitrogen and oxygen atoms in total. The van der Waals surface area contributed by atoms with E-state index < -0.39 is 5.97 Å². The van der Waals surface area contributed by atoms with Gasteiger partial charge in [0.1, 0.15) is 4.88 Å². The van der Waals surface area contributed by atoms with Crippen molar-refractivity contribution in [1.82, 2.24) is 5.32 Å². The number of aliphatic carboxylic acids is 1. The van der Waals surface area contributed by atoms with E-state index in [-0.39, 0.29) is 18.2 Å². The first-order chi connectivity index (χ1) is 8.90. The van der Waals surface area contributed by atoms with Crippen molar-refractivity contribution in [3.05, 3.63) is 20.8 Å². The fourth-order valence-corrected chi connectivity index (χ4v) is 3.39. The molecule has 0 fully saturated rings. The van der Waals surface area contributed by atoms with Gasteiger partial charge in [-0.3, -0.25) is 9.59 Å². The van der Waals surface area contributed by atoms with Crippen LogP contribution in [-0.4, -0.2) is 23.5 Å². The molecule has 0 aliphatic heterocycles. The molecule has 0 spiro atoms. The van der Waals surface area contributed by atoms with Gasteiger partial charge >= 0.3 is 5.97 Å². The molecular formula is C13H18BrNO3S. The molecule has 0 aromatic carbocycles. The van der Waals surface area contributed by atoms with Crippen molar-refractivity contribution in [2.45, 2.75) is 26.7 Å². The molecule has 0 aliphatic carbocycles. The highest BCUT2D eigenvalue weighted by molar-refractivity contribution is 9.10. The standard InChI is InChI=1S/C13H18BrNO3S/c1-8(2)5-9(6-11(16)17)7-15-13(18)12-10(14)3-4-19-12/h3-4,8-9H,5-7H2,1-2H3,(H,15,18)(H,16,17)/t9-/m0/s1. The van der Waals surface area contributed by atoms with Crippen molar-refractivity contribution in [2.75, 3.05) is 6.54 Å². The van der Waals surface area contributed by atoms with Gasteiger partial charge in [0.15, 0.2) is 0 Å². The summed E-state index contributed by atoms with van der Waals surface area (Å²) in [5.41, 5.74) is 0. The van der Waals surface area contributed by atoms with Crippen molar-refractivity contribution in [2.24, 2.45) is 11.8 Å². The zero-order valence-corrected chi connectivity index (χ0v) is 13.4. The van der Waals surface area contributed by atoms with Gasteiger partial charge in [-0.15, -0.1) is 11.3 Å². The topological polar surface area (TPSA) is 66.4 Å². The molecule has 6 heteroatoms. The van der Waals surface area contributed by atoms with Crippen LogP contribution in [0.5, 0.6) is 0 Å². The molecule has 1 aromatic heterocycles. The Balaban J connectivity index is 2.53. The maximum atomic E-state index is 11.9. The largest absolute Gasteiger partial charge is 0.481 e. The second kappa shape index (κ2) is 7.65. The van der Waals surface area contributed by atoms with Gasteiger partial charge in [-0.1, -0.05) is 13.8 Å². The van der Waals surface area contributed by atoms with Crippen LogP contribution in [0.4, 0.5) is 0 Å². The average molecular weight is 348 g/mol. The molecule has 2 N–H and O–H groups in total. The van der Waals surface area contributed by atoms with Gasteiger partial charge in [-0.25, -0.2) is 0 Å². The molecule has 0 aliphatic rings. The Morgan fingerprint density at radius 3 is 2.63 bits per heavy atom. The summed E-state index contributed by atoms with van der Waals surface area (Å²) in [5, 5.41) is 13.5. The summed E-state index contributed by atoms with van der Waals surface area (Å²) in [6.45, 7) is 4.49. The highest BCUT2D eigenvalue weighted by Gasteiger charge is 2.17. The summed E-state index contributed by atoms with van der Waals surface area (Å²) < 4.78 is 0.772. The van der Waals surface area contributed by atoms with Crippen LogP contribution in [0, 0.1) is 11.8 Å². The lowest BCUT2D eigenvalue weighted by Crippen LogP contribution is -2.30. The third-order valence-electron chi connectivity index (χ3n) is 2.64. The molecule has 19 heavy (non-hydrogen) atoms. The third kappa shape index (κ3) is 5.74. The lowest BCUT2D eigenvalue weighted by atomic mass is 9.94. The molecule has 0 saturated heterocycles. The van der Waals surface area contributed by atoms with Crippen LogP contribution in [0.3, 0.4) is 0 Å². The molecule has 106 valence electrons. The summed E-state index contributed by atoms with van der Waals surface area (Å²) in [5.74, 6) is -0.590. The Labute approximate surface area is 125 Å².